The standard InChI is InChI=1S/C8H6BrF3O2/c9-5-1-2-6(13)7(3-5)14-4-8(10,11)12/h1-3,13H,4H2. The summed E-state index contributed by atoms with van der Waals surface area (Å²) in [5, 5.41) is 9.12. The van der Waals surface area contributed by atoms with Crippen LogP contribution in [-0.2, 0) is 0 Å². The zero-order chi connectivity index (χ0) is 10.8. The van der Waals surface area contributed by atoms with Crippen molar-refractivity contribution in [1.82, 2.24) is 0 Å². The van der Waals surface area contributed by atoms with Crippen LogP contribution in [0.2, 0.25) is 0 Å². The van der Waals surface area contributed by atoms with Gasteiger partial charge in [-0.05, 0) is 18.2 Å². The molecule has 0 heterocycles. The van der Waals surface area contributed by atoms with E-state index in [1.165, 1.54) is 18.2 Å². The van der Waals surface area contributed by atoms with Crippen LogP contribution in [0.25, 0.3) is 0 Å². The molecule has 1 N–H and O–H groups in total. The van der Waals surface area contributed by atoms with E-state index < -0.39 is 12.8 Å². The Morgan fingerprint density at radius 1 is 1.36 bits per heavy atom. The molecule has 1 aromatic carbocycles. The number of ether oxygens (including phenoxy) is 1. The Labute approximate surface area is 86.4 Å². The molecule has 0 atom stereocenters. The molecule has 0 unspecified atom stereocenters. The topological polar surface area (TPSA) is 29.5 Å². The third-order valence-corrected chi connectivity index (χ3v) is 1.81. The molecule has 1 aromatic rings. The highest BCUT2D eigenvalue weighted by Crippen LogP contribution is 2.30. The maximum atomic E-state index is 11.8. The fourth-order valence-corrected chi connectivity index (χ4v) is 1.10. The number of hydrogen-bond donors (Lipinski definition) is 1. The van der Waals surface area contributed by atoms with Gasteiger partial charge in [-0.1, -0.05) is 15.9 Å². The summed E-state index contributed by atoms with van der Waals surface area (Å²) >= 11 is 3.04. The van der Waals surface area contributed by atoms with E-state index in [1.54, 1.807) is 0 Å². The number of alkyl halides is 3. The highest BCUT2D eigenvalue weighted by molar-refractivity contribution is 9.10. The maximum Gasteiger partial charge on any atom is 0.422 e. The lowest BCUT2D eigenvalue weighted by atomic mass is 10.3. The summed E-state index contributed by atoms with van der Waals surface area (Å²) in [6.45, 7) is -1.42. The van der Waals surface area contributed by atoms with Crippen molar-refractivity contribution in [2.45, 2.75) is 6.18 Å². The minimum atomic E-state index is -4.41. The molecule has 0 aliphatic heterocycles. The largest absolute Gasteiger partial charge is 0.504 e. The molecule has 0 spiro atoms. The number of aromatic hydroxyl groups is 1. The number of benzene rings is 1. The van der Waals surface area contributed by atoms with Gasteiger partial charge in [0.2, 0.25) is 0 Å². The molecular weight excluding hydrogens is 265 g/mol. The quantitative estimate of drug-likeness (QED) is 0.895. The van der Waals surface area contributed by atoms with Crippen LogP contribution in [0.3, 0.4) is 0 Å². The van der Waals surface area contributed by atoms with Crippen molar-refractivity contribution in [3.63, 3.8) is 0 Å². The van der Waals surface area contributed by atoms with Gasteiger partial charge >= 0.3 is 6.18 Å². The normalized spacial score (nSPS) is 11.4. The average Bonchev–Trinajstić information content (AvgIpc) is 2.05. The van der Waals surface area contributed by atoms with Gasteiger partial charge in [0.25, 0.3) is 0 Å². The minimum absolute atomic E-state index is 0.198. The summed E-state index contributed by atoms with van der Waals surface area (Å²) in [6, 6.07) is 4.01. The van der Waals surface area contributed by atoms with Crippen molar-refractivity contribution in [3.8, 4) is 11.5 Å². The fraction of sp³-hybridized carbons (Fsp3) is 0.250. The highest BCUT2D eigenvalue weighted by atomic mass is 79.9. The summed E-state index contributed by atoms with van der Waals surface area (Å²) in [4.78, 5) is 0. The summed E-state index contributed by atoms with van der Waals surface area (Å²) in [6.07, 6.45) is -4.41. The van der Waals surface area contributed by atoms with Crippen molar-refractivity contribution in [3.05, 3.63) is 22.7 Å². The molecular formula is C8H6BrF3O2. The van der Waals surface area contributed by atoms with Crippen LogP contribution in [0.1, 0.15) is 0 Å². The van der Waals surface area contributed by atoms with Crippen molar-refractivity contribution < 1.29 is 23.0 Å². The zero-order valence-electron chi connectivity index (χ0n) is 6.81. The second kappa shape index (κ2) is 4.08. The van der Waals surface area contributed by atoms with E-state index >= 15 is 0 Å². The first-order valence-corrected chi connectivity index (χ1v) is 4.36. The number of phenolic OH excluding ortho intramolecular Hbond substituents is 1. The number of rotatable bonds is 2. The van der Waals surface area contributed by atoms with Crippen LogP contribution in [0.15, 0.2) is 22.7 Å². The third kappa shape index (κ3) is 3.45. The maximum absolute atomic E-state index is 11.8. The average molecular weight is 271 g/mol. The van der Waals surface area contributed by atoms with E-state index in [9.17, 15) is 13.2 Å². The summed E-state index contributed by atoms with van der Waals surface area (Å²) in [5.41, 5.74) is 0. The SMILES string of the molecule is Oc1ccc(Br)cc1OCC(F)(F)F. The molecule has 0 radical (unpaired) electrons. The number of hydrogen-bond acceptors (Lipinski definition) is 2. The Balaban J connectivity index is 2.72. The predicted octanol–water partition coefficient (Wildman–Crippen LogP) is 3.10. The number of halogens is 4. The Morgan fingerprint density at radius 2 is 2.00 bits per heavy atom. The Bertz CT molecular complexity index is 325. The Kier molecular flexibility index (Phi) is 3.25. The third-order valence-electron chi connectivity index (χ3n) is 1.31. The first-order valence-electron chi connectivity index (χ1n) is 3.56. The lowest BCUT2D eigenvalue weighted by molar-refractivity contribution is -0.153. The molecule has 0 aromatic heterocycles. The molecule has 0 amide bonds. The van der Waals surface area contributed by atoms with Crippen molar-refractivity contribution in [1.29, 1.82) is 0 Å². The molecule has 0 fully saturated rings. The van der Waals surface area contributed by atoms with Crippen LogP contribution >= 0.6 is 15.9 Å². The molecule has 1 rings (SSSR count). The minimum Gasteiger partial charge on any atom is -0.504 e. The molecule has 0 saturated heterocycles. The van der Waals surface area contributed by atoms with Crippen LogP contribution < -0.4 is 4.74 Å². The van der Waals surface area contributed by atoms with E-state index in [4.69, 9.17) is 5.11 Å². The van der Waals surface area contributed by atoms with Gasteiger partial charge in [-0.15, -0.1) is 0 Å². The summed E-state index contributed by atoms with van der Waals surface area (Å²) < 4.78 is 40.2. The second-order valence-electron chi connectivity index (χ2n) is 2.52. The highest BCUT2D eigenvalue weighted by Gasteiger charge is 2.28. The van der Waals surface area contributed by atoms with Gasteiger partial charge in [0.15, 0.2) is 18.1 Å². The zero-order valence-corrected chi connectivity index (χ0v) is 8.39. The van der Waals surface area contributed by atoms with Gasteiger partial charge in [-0.3, -0.25) is 0 Å². The van der Waals surface area contributed by atoms with Crippen molar-refractivity contribution >= 4 is 15.9 Å². The molecule has 78 valence electrons. The van der Waals surface area contributed by atoms with Gasteiger partial charge in [0.05, 0.1) is 0 Å². The van der Waals surface area contributed by atoms with Crippen molar-refractivity contribution in [2.75, 3.05) is 6.61 Å². The van der Waals surface area contributed by atoms with E-state index in [0.717, 1.165) is 0 Å². The van der Waals surface area contributed by atoms with Crippen LogP contribution in [-0.4, -0.2) is 17.9 Å². The van der Waals surface area contributed by atoms with Crippen molar-refractivity contribution in [2.24, 2.45) is 0 Å². The van der Waals surface area contributed by atoms with E-state index in [2.05, 4.69) is 20.7 Å². The van der Waals surface area contributed by atoms with Gasteiger partial charge in [0, 0.05) is 4.47 Å². The van der Waals surface area contributed by atoms with Gasteiger partial charge < -0.3 is 9.84 Å². The summed E-state index contributed by atoms with van der Waals surface area (Å²) in [5.74, 6) is -0.519. The lowest BCUT2D eigenvalue weighted by Crippen LogP contribution is -2.19. The van der Waals surface area contributed by atoms with E-state index in [-0.39, 0.29) is 11.5 Å². The molecule has 6 heteroatoms. The number of phenols is 1. The van der Waals surface area contributed by atoms with E-state index in [1.807, 2.05) is 0 Å². The molecule has 0 saturated carbocycles. The predicted molar refractivity (Wildman–Crippen MR) is 47.4 cm³/mol. The van der Waals surface area contributed by atoms with E-state index in [0.29, 0.717) is 4.47 Å². The molecule has 0 aliphatic rings. The summed E-state index contributed by atoms with van der Waals surface area (Å²) in [7, 11) is 0. The van der Waals surface area contributed by atoms with Gasteiger partial charge in [0.1, 0.15) is 0 Å². The molecule has 14 heavy (non-hydrogen) atoms. The molecule has 2 nitrogen and oxygen atoms in total. The van der Waals surface area contributed by atoms with Gasteiger partial charge in [-0.2, -0.15) is 13.2 Å². The molecule has 0 bridgehead atoms. The second-order valence-corrected chi connectivity index (χ2v) is 3.43. The van der Waals surface area contributed by atoms with Crippen LogP contribution in [0, 0.1) is 0 Å². The fourth-order valence-electron chi connectivity index (χ4n) is 0.763. The van der Waals surface area contributed by atoms with Crippen LogP contribution in [0.4, 0.5) is 13.2 Å². The monoisotopic (exact) mass is 270 g/mol. The Morgan fingerprint density at radius 3 is 2.57 bits per heavy atom. The van der Waals surface area contributed by atoms with Gasteiger partial charge in [-0.25, -0.2) is 0 Å². The first kappa shape index (κ1) is 11.2. The lowest BCUT2D eigenvalue weighted by Gasteiger charge is -2.10. The smallest absolute Gasteiger partial charge is 0.422 e. The van der Waals surface area contributed by atoms with Crippen LogP contribution in [0.5, 0.6) is 11.5 Å². The Hall–Kier alpha value is -0.910. The first-order chi connectivity index (χ1) is 6.38. The molecule has 0 aliphatic carbocycles.